The molecular weight excluding hydrogens is 174 g/mol. The lowest BCUT2D eigenvalue weighted by Crippen LogP contribution is -2.44. The maximum absolute atomic E-state index is 5.96. The van der Waals surface area contributed by atoms with Gasteiger partial charge in [0, 0.05) is 18.6 Å². The molecule has 1 heterocycles. The molecule has 0 amide bonds. The molecule has 82 valence electrons. The molecule has 3 atom stereocenters. The minimum Gasteiger partial charge on any atom is -0.378 e. The lowest BCUT2D eigenvalue weighted by atomic mass is 9.65. The fraction of sp³-hybridized carbons (Fsp3) is 1.00. The highest BCUT2D eigenvalue weighted by Gasteiger charge is 2.47. The zero-order valence-electron chi connectivity index (χ0n) is 9.46. The molecule has 1 aliphatic heterocycles. The Bertz CT molecular complexity index is 204. The molecule has 0 spiro atoms. The summed E-state index contributed by atoms with van der Waals surface area (Å²) >= 11 is 0. The normalized spacial score (nSPS) is 42.9. The third-order valence-electron chi connectivity index (χ3n) is 4.42. The van der Waals surface area contributed by atoms with Crippen LogP contribution in [-0.4, -0.2) is 19.3 Å². The predicted molar refractivity (Wildman–Crippen MR) is 58.0 cm³/mol. The summed E-state index contributed by atoms with van der Waals surface area (Å²) in [5.41, 5.74) is 6.30. The van der Waals surface area contributed by atoms with Crippen molar-refractivity contribution in [3.63, 3.8) is 0 Å². The van der Waals surface area contributed by atoms with Crippen LogP contribution in [0, 0.1) is 17.3 Å². The van der Waals surface area contributed by atoms with Crippen LogP contribution in [0.1, 0.15) is 39.5 Å². The Labute approximate surface area is 87.2 Å². The molecule has 0 aromatic rings. The molecule has 14 heavy (non-hydrogen) atoms. The highest BCUT2D eigenvalue weighted by molar-refractivity contribution is 4.98. The molecule has 0 aromatic carbocycles. The highest BCUT2D eigenvalue weighted by atomic mass is 16.5. The van der Waals surface area contributed by atoms with Crippen molar-refractivity contribution < 1.29 is 4.74 Å². The van der Waals surface area contributed by atoms with Gasteiger partial charge in [0.1, 0.15) is 0 Å². The molecule has 2 N–H and O–H groups in total. The third kappa shape index (κ3) is 1.59. The van der Waals surface area contributed by atoms with Crippen LogP contribution >= 0.6 is 0 Å². The van der Waals surface area contributed by atoms with Crippen LogP contribution in [0.5, 0.6) is 0 Å². The van der Waals surface area contributed by atoms with Crippen molar-refractivity contribution in [2.75, 3.05) is 13.2 Å². The van der Waals surface area contributed by atoms with Crippen molar-refractivity contribution in [3.8, 4) is 0 Å². The van der Waals surface area contributed by atoms with Gasteiger partial charge >= 0.3 is 0 Å². The van der Waals surface area contributed by atoms with Crippen molar-refractivity contribution in [2.45, 2.75) is 45.6 Å². The fourth-order valence-electron chi connectivity index (χ4n) is 3.24. The maximum atomic E-state index is 5.96. The molecule has 1 saturated heterocycles. The standard InChI is InChI=1S/C12H23NO/c1-9(2)10-3-4-11-12(7-10,8-13)5-6-14-11/h9-11H,3-8,13H2,1-2H3/t10-,11+,12-/m1/s1. The number of hydrogen-bond donors (Lipinski definition) is 1. The molecule has 2 nitrogen and oxygen atoms in total. The minimum absolute atomic E-state index is 0.340. The Hall–Kier alpha value is -0.0800. The first-order valence-corrected chi connectivity index (χ1v) is 5.99. The summed E-state index contributed by atoms with van der Waals surface area (Å²) in [7, 11) is 0. The minimum atomic E-state index is 0.340. The molecule has 2 rings (SSSR count). The van der Waals surface area contributed by atoms with Crippen LogP contribution in [0.25, 0.3) is 0 Å². The number of hydrogen-bond acceptors (Lipinski definition) is 2. The largest absolute Gasteiger partial charge is 0.378 e. The predicted octanol–water partition coefficient (Wildman–Crippen LogP) is 2.18. The smallest absolute Gasteiger partial charge is 0.0644 e. The Morgan fingerprint density at radius 1 is 1.43 bits per heavy atom. The average Bonchev–Trinajstić information content (AvgIpc) is 2.60. The van der Waals surface area contributed by atoms with E-state index in [4.69, 9.17) is 10.5 Å². The van der Waals surface area contributed by atoms with Gasteiger partial charge in [-0.05, 0) is 37.5 Å². The second kappa shape index (κ2) is 3.82. The van der Waals surface area contributed by atoms with Crippen molar-refractivity contribution in [1.29, 1.82) is 0 Å². The summed E-state index contributed by atoms with van der Waals surface area (Å²) < 4.78 is 5.80. The van der Waals surface area contributed by atoms with E-state index < -0.39 is 0 Å². The lowest BCUT2D eigenvalue weighted by molar-refractivity contribution is -0.00523. The summed E-state index contributed by atoms with van der Waals surface area (Å²) in [6.45, 7) is 6.43. The summed E-state index contributed by atoms with van der Waals surface area (Å²) in [6, 6.07) is 0. The molecule has 0 bridgehead atoms. The Morgan fingerprint density at radius 2 is 2.21 bits per heavy atom. The second-order valence-corrected chi connectivity index (χ2v) is 5.46. The Morgan fingerprint density at radius 3 is 2.86 bits per heavy atom. The van der Waals surface area contributed by atoms with Crippen LogP contribution in [0.4, 0.5) is 0 Å². The first-order valence-electron chi connectivity index (χ1n) is 5.99. The van der Waals surface area contributed by atoms with E-state index in [0.29, 0.717) is 11.5 Å². The summed E-state index contributed by atoms with van der Waals surface area (Å²) in [4.78, 5) is 0. The average molecular weight is 197 g/mol. The lowest BCUT2D eigenvalue weighted by Gasteiger charge is -2.42. The van der Waals surface area contributed by atoms with E-state index in [1.54, 1.807) is 0 Å². The molecule has 1 aliphatic carbocycles. The summed E-state index contributed by atoms with van der Waals surface area (Å²) in [5, 5.41) is 0. The van der Waals surface area contributed by atoms with Crippen molar-refractivity contribution in [1.82, 2.24) is 0 Å². The monoisotopic (exact) mass is 197 g/mol. The van der Waals surface area contributed by atoms with Crippen molar-refractivity contribution >= 4 is 0 Å². The van der Waals surface area contributed by atoms with Crippen LogP contribution < -0.4 is 5.73 Å². The van der Waals surface area contributed by atoms with Crippen molar-refractivity contribution in [2.24, 2.45) is 23.0 Å². The molecule has 0 radical (unpaired) electrons. The molecule has 2 fully saturated rings. The van der Waals surface area contributed by atoms with Gasteiger partial charge in [-0.1, -0.05) is 13.8 Å². The van der Waals surface area contributed by atoms with Gasteiger partial charge in [-0.3, -0.25) is 0 Å². The number of fused-ring (bicyclic) bond motifs is 1. The van der Waals surface area contributed by atoms with Gasteiger partial charge < -0.3 is 10.5 Å². The van der Waals surface area contributed by atoms with Crippen LogP contribution in [0.2, 0.25) is 0 Å². The van der Waals surface area contributed by atoms with Gasteiger partial charge in [0.25, 0.3) is 0 Å². The molecule has 2 heteroatoms. The second-order valence-electron chi connectivity index (χ2n) is 5.46. The molecule has 0 aromatic heterocycles. The van der Waals surface area contributed by atoms with Gasteiger partial charge in [-0.15, -0.1) is 0 Å². The van der Waals surface area contributed by atoms with Gasteiger partial charge in [0.15, 0.2) is 0 Å². The molecular formula is C12H23NO. The number of rotatable bonds is 2. The van der Waals surface area contributed by atoms with E-state index in [9.17, 15) is 0 Å². The zero-order valence-corrected chi connectivity index (χ0v) is 9.46. The Balaban J connectivity index is 2.09. The number of nitrogens with two attached hydrogens (primary N) is 1. The molecule has 0 unspecified atom stereocenters. The van der Waals surface area contributed by atoms with E-state index in [0.717, 1.165) is 25.0 Å². The highest BCUT2D eigenvalue weighted by Crippen LogP contribution is 2.48. The van der Waals surface area contributed by atoms with E-state index in [2.05, 4.69) is 13.8 Å². The van der Waals surface area contributed by atoms with Gasteiger partial charge in [0.2, 0.25) is 0 Å². The van der Waals surface area contributed by atoms with Crippen LogP contribution in [0.15, 0.2) is 0 Å². The quantitative estimate of drug-likeness (QED) is 0.736. The van der Waals surface area contributed by atoms with Gasteiger partial charge in [0.05, 0.1) is 6.10 Å². The topological polar surface area (TPSA) is 35.2 Å². The maximum Gasteiger partial charge on any atom is 0.0644 e. The number of ether oxygens (including phenoxy) is 1. The van der Waals surface area contributed by atoms with Crippen LogP contribution in [0.3, 0.4) is 0 Å². The first-order chi connectivity index (χ1) is 6.68. The van der Waals surface area contributed by atoms with Crippen LogP contribution in [-0.2, 0) is 4.74 Å². The SMILES string of the molecule is CC(C)[C@@H]1CC[C@@H]2OCC[C@]2(CN)C1. The summed E-state index contributed by atoms with van der Waals surface area (Å²) in [6.07, 6.45) is 5.54. The van der Waals surface area contributed by atoms with E-state index in [1.807, 2.05) is 0 Å². The summed E-state index contributed by atoms with van der Waals surface area (Å²) in [5.74, 6) is 1.68. The zero-order chi connectivity index (χ0) is 10.2. The van der Waals surface area contributed by atoms with Crippen molar-refractivity contribution in [3.05, 3.63) is 0 Å². The van der Waals surface area contributed by atoms with Gasteiger partial charge in [-0.2, -0.15) is 0 Å². The van der Waals surface area contributed by atoms with E-state index in [-0.39, 0.29) is 0 Å². The van der Waals surface area contributed by atoms with Gasteiger partial charge in [-0.25, -0.2) is 0 Å². The molecule has 1 saturated carbocycles. The third-order valence-corrected chi connectivity index (χ3v) is 4.42. The molecule has 2 aliphatic rings. The first kappa shape index (κ1) is 10.4. The van der Waals surface area contributed by atoms with E-state index in [1.165, 1.54) is 25.7 Å². The van der Waals surface area contributed by atoms with E-state index >= 15 is 0 Å². The fourth-order valence-corrected chi connectivity index (χ4v) is 3.24. The Kier molecular flexibility index (Phi) is 2.85.